The Labute approximate surface area is 239 Å². The molecule has 218 valence electrons. The van der Waals surface area contributed by atoms with Gasteiger partial charge in [-0.15, -0.1) is 0 Å². The van der Waals surface area contributed by atoms with Crippen LogP contribution in [0.15, 0.2) is 52.1 Å². The summed E-state index contributed by atoms with van der Waals surface area (Å²) in [5.41, 5.74) is 6.95. The van der Waals surface area contributed by atoms with Crippen LogP contribution in [0.25, 0.3) is 11.3 Å². The number of nitrogens with one attached hydrogen (secondary N) is 2. The van der Waals surface area contributed by atoms with E-state index < -0.39 is 4.92 Å². The van der Waals surface area contributed by atoms with Crippen LogP contribution in [0.1, 0.15) is 36.1 Å². The van der Waals surface area contributed by atoms with Gasteiger partial charge in [-0.05, 0) is 69.9 Å². The summed E-state index contributed by atoms with van der Waals surface area (Å²) in [6.07, 6.45) is 1.55. The molecule has 1 aliphatic rings. The predicted molar refractivity (Wildman–Crippen MR) is 158 cm³/mol. The summed E-state index contributed by atoms with van der Waals surface area (Å²) in [5.74, 6) is 1.51. The number of methoxy groups -OCH3 is 2. The lowest BCUT2D eigenvalue weighted by Crippen LogP contribution is -2.44. The van der Waals surface area contributed by atoms with Gasteiger partial charge >= 0.3 is 5.69 Å². The summed E-state index contributed by atoms with van der Waals surface area (Å²) < 4.78 is 14.4. The van der Waals surface area contributed by atoms with Gasteiger partial charge in [0.1, 0.15) is 5.49 Å². The highest BCUT2D eigenvalue weighted by molar-refractivity contribution is 5.70. The maximum Gasteiger partial charge on any atom is 0.330 e. The van der Waals surface area contributed by atoms with Crippen molar-refractivity contribution >= 4 is 5.69 Å². The van der Waals surface area contributed by atoms with Gasteiger partial charge in [0.15, 0.2) is 17.3 Å². The Morgan fingerprint density at radius 3 is 2.37 bits per heavy atom. The number of nitrogens with zero attached hydrogens (tertiary/aromatic N) is 4. The number of aromatic nitrogens is 2. The maximum absolute atomic E-state index is 14.0. The molecule has 4 rings (SSSR count). The monoisotopic (exact) mass is 562 g/mol. The minimum Gasteiger partial charge on any atom is -0.493 e. The van der Waals surface area contributed by atoms with Crippen LogP contribution in [0, 0.1) is 30.9 Å². The van der Waals surface area contributed by atoms with Crippen LogP contribution in [0.4, 0.5) is 5.69 Å². The van der Waals surface area contributed by atoms with E-state index in [1.807, 2.05) is 52.8 Å². The van der Waals surface area contributed by atoms with Gasteiger partial charge in [-0.2, -0.15) is 0 Å². The van der Waals surface area contributed by atoms with Crippen molar-refractivity contribution in [2.24, 2.45) is 4.99 Å². The number of hydrogen-bond acceptors (Lipinski definition) is 8. The highest BCUT2D eigenvalue weighted by atomic mass is 16.6. The fourth-order valence-corrected chi connectivity index (χ4v) is 5.28. The van der Waals surface area contributed by atoms with E-state index in [-0.39, 0.29) is 30.6 Å². The standard InChI is InChI=1S/C30H38N6O5/c1-18(2)32-27(17-36(38)39)31-9-11-35-28(33-29-20(4)12-19(3)13-21(29)5)16-24-23-15-26(41-7)25(40-6)14-22(23)8-10-34(24)30(35)37/h12-18,31-32H,8-11H2,1-7H3/b27-17-,33-28+. The number of hydrogen-bond donors (Lipinski definition) is 2. The highest BCUT2D eigenvalue weighted by Crippen LogP contribution is 2.37. The van der Waals surface area contributed by atoms with Crippen LogP contribution in [-0.4, -0.2) is 40.9 Å². The molecule has 0 bridgehead atoms. The third kappa shape index (κ3) is 6.45. The first-order chi connectivity index (χ1) is 19.5. The summed E-state index contributed by atoms with van der Waals surface area (Å²) in [4.78, 5) is 29.7. The molecule has 1 aliphatic heterocycles. The molecule has 0 atom stereocenters. The van der Waals surface area contributed by atoms with Crippen LogP contribution >= 0.6 is 0 Å². The number of fused-ring (bicyclic) bond motifs is 3. The van der Waals surface area contributed by atoms with E-state index in [4.69, 9.17) is 14.5 Å². The van der Waals surface area contributed by atoms with Crippen molar-refractivity contribution in [3.8, 4) is 22.8 Å². The zero-order chi connectivity index (χ0) is 29.8. The summed E-state index contributed by atoms with van der Waals surface area (Å²) in [7, 11) is 3.19. The van der Waals surface area contributed by atoms with Gasteiger partial charge in [0, 0.05) is 37.3 Å². The fraction of sp³-hybridized carbons (Fsp3) is 0.400. The molecule has 41 heavy (non-hydrogen) atoms. The average molecular weight is 563 g/mol. The third-order valence-electron chi connectivity index (χ3n) is 6.98. The van der Waals surface area contributed by atoms with Crippen molar-refractivity contribution in [1.82, 2.24) is 19.8 Å². The molecular weight excluding hydrogens is 524 g/mol. The Balaban J connectivity index is 1.88. The lowest BCUT2D eigenvalue weighted by molar-refractivity contribution is -0.404. The van der Waals surface area contributed by atoms with Crippen LogP contribution in [-0.2, 0) is 19.5 Å². The first-order valence-corrected chi connectivity index (χ1v) is 13.6. The highest BCUT2D eigenvalue weighted by Gasteiger charge is 2.22. The van der Waals surface area contributed by atoms with Crippen molar-refractivity contribution in [1.29, 1.82) is 0 Å². The summed E-state index contributed by atoms with van der Waals surface area (Å²) in [6, 6.07) is 9.93. The van der Waals surface area contributed by atoms with Crippen molar-refractivity contribution in [3.05, 3.63) is 90.7 Å². The van der Waals surface area contributed by atoms with Gasteiger partial charge in [0.2, 0.25) is 0 Å². The smallest absolute Gasteiger partial charge is 0.330 e. The molecule has 0 fully saturated rings. The van der Waals surface area contributed by atoms with E-state index in [1.165, 1.54) is 0 Å². The zero-order valence-corrected chi connectivity index (χ0v) is 24.7. The number of ether oxygens (including phenoxy) is 2. The quantitative estimate of drug-likeness (QED) is 0.285. The molecule has 11 nitrogen and oxygen atoms in total. The molecule has 0 saturated heterocycles. The van der Waals surface area contributed by atoms with Crippen LogP contribution in [0.5, 0.6) is 11.5 Å². The Morgan fingerprint density at radius 1 is 1.10 bits per heavy atom. The average Bonchev–Trinajstić information content (AvgIpc) is 2.90. The Kier molecular flexibility index (Phi) is 8.85. The Hall–Kier alpha value is -4.54. The lowest BCUT2D eigenvalue weighted by Gasteiger charge is -2.25. The molecule has 0 aliphatic carbocycles. The topological polar surface area (TPSA) is 125 Å². The summed E-state index contributed by atoms with van der Waals surface area (Å²) in [5, 5.41) is 17.2. The Morgan fingerprint density at radius 2 is 1.76 bits per heavy atom. The van der Waals surface area contributed by atoms with Crippen LogP contribution < -0.4 is 31.3 Å². The van der Waals surface area contributed by atoms with Gasteiger partial charge in [-0.25, -0.2) is 9.79 Å². The van der Waals surface area contributed by atoms with E-state index in [1.54, 1.807) is 23.4 Å². The fourth-order valence-electron chi connectivity index (χ4n) is 5.28. The Bertz CT molecular complexity index is 1610. The van der Waals surface area contributed by atoms with Gasteiger partial charge < -0.3 is 20.1 Å². The molecule has 2 aromatic carbocycles. The maximum atomic E-state index is 14.0. The summed E-state index contributed by atoms with van der Waals surface area (Å²) in [6.45, 7) is 10.9. The number of benzene rings is 2. The largest absolute Gasteiger partial charge is 0.493 e. The zero-order valence-electron chi connectivity index (χ0n) is 24.7. The molecule has 2 heterocycles. The molecule has 0 saturated carbocycles. The van der Waals surface area contributed by atoms with E-state index in [2.05, 4.69) is 22.8 Å². The first-order valence-electron chi connectivity index (χ1n) is 13.6. The van der Waals surface area contributed by atoms with E-state index >= 15 is 0 Å². The number of rotatable bonds is 10. The van der Waals surface area contributed by atoms with E-state index in [0.717, 1.165) is 45.4 Å². The van der Waals surface area contributed by atoms with Gasteiger partial charge in [0.05, 0.1) is 30.5 Å². The second-order valence-corrected chi connectivity index (χ2v) is 10.5. The third-order valence-corrected chi connectivity index (χ3v) is 6.98. The van der Waals surface area contributed by atoms with Crippen LogP contribution in [0.3, 0.4) is 0 Å². The normalized spacial score (nSPS) is 13.1. The molecule has 0 amide bonds. The molecule has 0 radical (unpaired) electrons. The van der Waals surface area contributed by atoms with Gasteiger partial charge in [-0.1, -0.05) is 17.7 Å². The minimum absolute atomic E-state index is 0.00976. The SMILES string of the molecule is COc1cc2c(cc1OC)-c1c/c(=N\c3c(C)cc(C)cc3C)n(CCN/C(=C/[N+](=O)[O-])NC(C)C)c(=O)n1CC2. The molecule has 2 N–H and O–H groups in total. The lowest BCUT2D eigenvalue weighted by atomic mass is 9.97. The van der Waals surface area contributed by atoms with Gasteiger partial charge in [0.25, 0.3) is 6.20 Å². The molecule has 11 heteroatoms. The van der Waals surface area contributed by atoms with E-state index in [0.29, 0.717) is 30.0 Å². The van der Waals surface area contributed by atoms with Crippen molar-refractivity contribution < 1.29 is 14.4 Å². The number of nitro groups is 1. The predicted octanol–water partition coefficient (Wildman–Crippen LogP) is 3.71. The molecule has 0 unspecified atom stereocenters. The minimum atomic E-state index is -0.511. The second-order valence-electron chi connectivity index (χ2n) is 10.5. The van der Waals surface area contributed by atoms with Gasteiger partial charge in [-0.3, -0.25) is 19.2 Å². The molecule has 0 spiro atoms. The second kappa shape index (κ2) is 12.3. The van der Waals surface area contributed by atoms with Crippen molar-refractivity contribution in [2.45, 2.75) is 60.2 Å². The van der Waals surface area contributed by atoms with Crippen LogP contribution in [0.2, 0.25) is 0 Å². The summed E-state index contributed by atoms with van der Waals surface area (Å²) >= 11 is 0. The number of aryl methyl sites for hydroxylation is 4. The van der Waals surface area contributed by atoms with Crippen molar-refractivity contribution in [2.75, 3.05) is 20.8 Å². The molecule has 1 aromatic heterocycles. The molecular formula is C30H38N6O5. The first kappa shape index (κ1) is 29.4. The van der Waals surface area contributed by atoms with Crippen molar-refractivity contribution in [3.63, 3.8) is 0 Å². The van der Waals surface area contributed by atoms with E-state index in [9.17, 15) is 14.9 Å². The molecule has 3 aromatic rings.